The maximum atomic E-state index is 12.5. The number of esters is 1. The van der Waals surface area contributed by atoms with Crippen LogP contribution in [0.15, 0.2) is 24.3 Å². The predicted octanol–water partition coefficient (Wildman–Crippen LogP) is 26.0. The molecule has 0 aromatic rings. The van der Waals surface area contributed by atoms with E-state index in [0.29, 0.717) is 25.9 Å². The van der Waals surface area contributed by atoms with Gasteiger partial charge < -0.3 is 20.3 Å². The normalized spacial score (nSPS) is 12.6. The smallest absolute Gasteiger partial charge is 0.305 e. The standard InChI is InChI=1S/C80H155NO5/c1-3-5-7-9-11-13-15-17-19-40-44-48-52-56-60-64-68-72-78(83)77(76-82)81-79(84)73-69-65-61-57-53-49-45-42-38-36-34-32-30-28-26-24-22-21-23-25-27-29-31-33-35-37-39-43-47-51-55-59-63-67-71-75-86-80(85)74-70-66-62-58-54-50-46-41-20-18-16-14-12-10-8-6-4-2/h23,25,29,31,77-78,82-83H,3-22,24,26-28,30,32-76H2,1-2H3,(H,81,84)/b25-23-,31-29-. The number of nitrogens with one attached hydrogen (secondary N) is 1. The van der Waals surface area contributed by atoms with E-state index in [9.17, 15) is 19.8 Å². The summed E-state index contributed by atoms with van der Waals surface area (Å²) in [4.78, 5) is 24.6. The first-order valence-corrected chi connectivity index (χ1v) is 39.6. The number of carbonyl (C=O) groups is 2. The van der Waals surface area contributed by atoms with Gasteiger partial charge in [-0.05, 0) is 57.8 Å². The summed E-state index contributed by atoms with van der Waals surface area (Å²) >= 11 is 0. The summed E-state index contributed by atoms with van der Waals surface area (Å²) < 4.78 is 5.51. The Hall–Kier alpha value is -1.66. The third-order valence-electron chi connectivity index (χ3n) is 18.8. The SMILES string of the molecule is CCCCCCCCCCCCCCCCCCCC(=O)OCCCCCCCCCCCCC/C=C\C/C=C\CCCCCCCCCCCCCCCCCCCC(=O)NC(CO)C(O)CCCCCCCCCCCCCCCCCCC. The van der Waals surface area contributed by atoms with Crippen molar-refractivity contribution in [2.45, 2.75) is 463 Å². The lowest BCUT2D eigenvalue weighted by atomic mass is 10.0. The molecule has 0 spiro atoms. The average Bonchev–Trinajstić information content (AvgIpc) is 3.59. The van der Waals surface area contributed by atoms with Crippen LogP contribution in [0.4, 0.5) is 0 Å². The summed E-state index contributed by atoms with van der Waals surface area (Å²) in [6, 6.07) is -0.540. The van der Waals surface area contributed by atoms with Crippen molar-refractivity contribution in [2.24, 2.45) is 0 Å². The molecule has 0 saturated carbocycles. The molecular weight excluding hydrogens is 1050 g/mol. The Kier molecular flexibility index (Phi) is 74.3. The molecule has 0 saturated heterocycles. The molecule has 2 unspecified atom stereocenters. The van der Waals surface area contributed by atoms with Crippen molar-refractivity contribution < 1.29 is 24.5 Å². The molecule has 0 radical (unpaired) electrons. The Balaban J connectivity index is 3.35. The molecule has 2 atom stereocenters. The minimum atomic E-state index is -0.663. The fourth-order valence-electron chi connectivity index (χ4n) is 12.7. The van der Waals surface area contributed by atoms with Gasteiger partial charge in [-0.3, -0.25) is 9.59 Å². The Bertz CT molecular complexity index is 1350. The van der Waals surface area contributed by atoms with Crippen LogP contribution in [0.5, 0.6) is 0 Å². The van der Waals surface area contributed by atoms with E-state index in [1.807, 2.05) is 0 Å². The van der Waals surface area contributed by atoms with Gasteiger partial charge in [-0.1, -0.05) is 404 Å². The lowest BCUT2D eigenvalue weighted by Crippen LogP contribution is -2.45. The van der Waals surface area contributed by atoms with Crippen molar-refractivity contribution in [2.75, 3.05) is 13.2 Å². The molecule has 0 bridgehead atoms. The van der Waals surface area contributed by atoms with Crippen molar-refractivity contribution in [3.8, 4) is 0 Å². The molecule has 86 heavy (non-hydrogen) atoms. The Labute approximate surface area is 539 Å². The van der Waals surface area contributed by atoms with E-state index in [2.05, 4.69) is 43.5 Å². The number of ether oxygens (including phenoxy) is 1. The number of unbranched alkanes of at least 4 members (excludes halogenated alkanes) is 60. The van der Waals surface area contributed by atoms with Crippen LogP contribution in [0.2, 0.25) is 0 Å². The van der Waals surface area contributed by atoms with E-state index >= 15 is 0 Å². The van der Waals surface area contributed by atoms with Gasteiger partial charge in [0.05, 0.1) is 25.4 Å². The first-order valence-electron chi connectivity index (χ1n) is 39.6. The zero-order chi connectivity index (χ0) is 62.0. The summed E-state index contributed by atoms with van der Waals surface area (Å²) in [5, 5.41) is 23.4. The molecule has 0 rings (SSSR count). The van der Waals surface area contributed by atoms with Crippen molar-refractivity contribution in [1.29, 1.82) is 0 Å². The Morgan fingerprint density at radius 1 is 0.326 bits per heavy atom. The fourth-order valence-corrected chi connectivity index (χ4v) is 12.7. The number of allylic oxidation sites excluding steroid dienone is 4. The van der Waals surface area contributed by atoms with Crippen molar-refractivity contribution >= 4 is 11.9 Å². The number of aliphatic hydroxyl groups is 2. The van der Waals surface area contributed by atoms with E-state index in [-0.39, 0.29) is 18.5 Å². The summed E-state index contributed by atoms with van der Waals surface area (Å²) in [7, 11) is 0. The topological polar surface area (TPSA) is 95.9 Å². The second-order valence-electron chi connectivity index (χ2n) is 27.4. The van der Waals surface area contributed by atoms with Crippen molar-refractivity contribution in [3.05, 3.63) is 24.3 Å². The van der Waals surface area contributed by atoms with Crippen LogP contribution >= 0.6 is 0 Å². The zero-order valence-electron chi connectivity index (χ0n) is 58.6. The molecule has 510 valence electrons. The van der Waals surface area contributed by atoms with Gasteiger partial charge >= 0.3 is 5.97 Å². The number of aliphatic hydroxyl groups excluding tert-OH is 2. The van der Waals surface area contributed by atoms with Gasteiger partial charge in [-0.2, -0.15) is 0 Å². The first kappa shape index (κ1) is 84.3. The highest BCUT2D eigenvalue weighted by Gasteiger charge is 2.20. The summed E-state index contributed by atoms with van der Waals surface area (Å²) in [6.07, 6.45) is 97.0. The van der Waals surface area contributed by atoms with E-state index in [1.54, 1.807) is 0 Å². The minimum Gasteiger partial charge on any atom is -0.466 e. The van der Waals surface area contributed by atoms with Crippen LogP contribution in [0.1, 0.15) is 450 Å². The van der Waals surface area contributed by atoms with Gasteiger partial charge in [0.25, 0.3) is 0 Å². The first-order chi connectivity index (χ1) is 42.5. The number of rotatable bonds is 75. The van der Waals surface area contributed by atoms with E-state index in [0.717, 1.165) is 44.9 Å². The van der Waals surface area contributed by atoms with E-state index in [4.69, 9.17) is 4.74 Å². The van der Waals surface area contributed by atoms with Crippen LogP contribution in [0.25, 0.3) is 0 Å². The van der Waals surface area contributed by atoms with Crippen molar-refractivity contribution in [3.63, 3.8) is 0 Å². The van der Waals surface area contributed by atoms with Crippen molar-refractivity contribution in [1.82, 2.24) is 5.32 Å². The molecule has 0 heterocycles. The second-order valence-corrected chi connectivity index (χ2v) is 27.4. The highest BCUT2D eigenvalue weighted by molar-refractivity contribution is 5.76. The molecule has 0 aliphatic rings. The fraction of sp³-hybridized carbons (Fsp3) is 0.925. The number of amides is 1. The second kappa shape index (κ2) is 75.8. The number of hydrogen-bond donors (Lipinski definition) is 3. The average molecular weight is 1210 g/mol. The van der Waals surface area contributed by atoms with Gasteiger partial charge in [-0.25, -0.2) is 0 Å². The predicted molar refractivity (Wildman–Crippen MR) is 380 cm³/mol. The molecule has 0 aliphatic carbocycles. The molecule has 6 heteroatoms. The molecule has 0 fully saturated rings. The van der Waals surface area contributed by atoms with Gasteiger partial charge in [0.1, 0.15) is 0 Å². The summed E-state index contributed by atoms with van der Waals surface area (Å²) in [5.74, 6) is -0.00667. The maximum absolute atomic E-state index is 12.5. The number of hydrogen-bond acceptors (Lipinski definition) is 5. The maximum Gasteiger partial charge on any atom is 0.305 e. The molecule has 1 amide bonds. The van der Waals surface area contributed by atoms with Gasteiger partial charge in [0.2, 0.25) is 5.91 Å². The molecule has 0 aromatic heterocycles. The molecular formula is C80H155NO5. The van der Waals surface area contributed by atoms with Crippen LogP contribution in [0.3, 0.4) is 0 Å². The Morgan fingerprint density at radius 3 is 0.884 bits per heavy atom. The van der Waals surface area contributed by atoms with E-state index < -0.39 is 12.1 Å². The van der Waals surface area contributed by atoms with Gasteiger partial charge in [0, 0.05) is 12.8 Å². The molecule has 0 aromatic carbocycles. The monoisotopic (exact) mass is 1210 g/mol. The van der Waals surface area contributed by atoms with Crippen LogP contribution in [-0.2, 0) is 14.3 Å². The minimum absolute atomic E-state index is 0.0217. The highest BCUT2D eigenvalue weighted by atomic mass is 16.5. The quantitative estimate of drug-likeness (QED) is 0.0320. The third-order valence-corrected chi connectivity index (χ3v) is 18.8. The van der Waals surface area contributed by atoms with Crippen LogP contribution < -0.4 is 5.32 Å². The molecule has 6 nitrogen and oxygen atoms in total. The van der Waals surface area contributed by atoms with Gasteiger partial charge in [-0.15, -0.1) is 0 Å². The lowest BCUT2D eigenvalue weighted by Gasteiger charge is -2.22. The zero-order valence-corrected chi connectivity index (χ0v) is 58.6. The summed E-state index contributed by atoms with van der Waals surface area (Å²) in [5.41, 5.74) is 0. The molecule has 3 N–H and O–H groups in total. The Morgan fingerprint density at radius 2 is 0.581 bits per heavy atom. The largest absolute Gasteiger partial charge is 0.466 e. The van der Waals surface area contributed by atoms with E-state index in [1.165, 1.54) is 372 Å². The molecule has 0 aliphatic heterocycles. The number of carbonyl (C=O) groups excluding carboxylic acids is 2. The van der Waals surface area contributed by atoms with Crippen LogP contribution in [0, 0.1) is 0 Å². The van der Waals surface area contributed by atoms with Crippen LogP contribution in [-0.4, -0.2) is 47.4 Å². The summed E-state index contributed by atoms with van der Waals surface area (Å²) in [6.45, 7) is 5.01. The van der Waals surface area contributed by atoms with Gasteiger partial charge in [0.15, 0.2) is 0 Å². The lowest BCUT2D eigenvalue weighted by molar-refractivity contribution is -0.143. The third kappa shape index (κ3) is 71.4. The highest BCUT2D eigenvalue weighted by Crippen LogP contribution is 2.20.